The molecule has 1 unspecified atom stereocenters. The first-order valence-corrected chi connectivity index (χ1v) is 6.89. The first-order chi connectivity index (χ1) is 9.72. The number of ether oxygens (including phenoxy) is 2. The van der Waals surface area contributed by atoms with E-state index in [9.17, 15) is 5.11 Å². The zero-order valence-electron chi connectivity index (χ0n) is 11.9. The van der Waals surface area contributed by atoms with Gasteiger partial charge in [0.1, 0.15) is 5.75 Å². The van der Waals surface area contributed by atoms with Gasteiger partial charge in [0.05, 0.1) is 12.7 Å². The van der Waals surface area contributed by atoms with Crippen LogP contribution in [0.5, 0.6) is 17.2 Å². The fourth-order valence-corrected chi connectivity index (χ4v) is 1.90. The summed E-state index contributed by atoms with van der Waals surface area (Å²) in [6, 6.07) is 15.0. The maximum atomic E-state index is 9.78. The monoisotopic (exact) mass is 272 g/mol. The summed E-state index contributed by atoms with van der Waals surface area (Å²) in [5.41, 5.74) is 0.762. The molecule has 0 aliphatic heterocycles. The molecule has 0 spiro atoms. The lowest BCUT2D eigenvalue weighted by Gasteiger charge is -2.15. The molecule has 3 nitrogen and oxygen atoms in total. The Kier molecular flexibility index (Phi) is 5.02. The summed E-state index contributed by atoms with van der Waals surface area (Å²) >= 11 is 0. The molecule has 3 heteroatoms. The summed E-state index contributed by atoms with van der Waals surface area (Å²) in [6.45, 7) is 4.44. The Labute approximate surface area is 119 Å². The minimum absolute atomic E-state index is 0.574. The van der Waals surface area contributed by atoms with Crippen LogP contribution in [0.3, 0.4) is 0 Å². The van der Waals surface area contributed by atoms with Crippen molar-refractivity contribution in [1.29, 1.82) is 0 Å². The van der Waals surface area contributed by atoms with Crippen LogP contribution in [0, 0.1) is 0 Å². The molecule has 2 aromatic carbocycles. The summed E-state index contributed by atoms with van der Waals surface area (Å²) in [6.07, 6.45) is 0.369. The zero-order chi connectivity index (χ0) is 14.4. The largest absolute Gasteiger partial charge is 0.490 e. The molecule has 0 saturated heterocycles. The standard InChI is InChI=1S/C17H20O3/c1-3-12-19-16-10-6-7-11-17(16)20-15-9-5-4-8-14(15)13(2)18/h4-11,13,18H,3,12H2,1-2H3. The summed E-state index contributed by atoms with van der Waals surface area (Å²) in [5.74, 6) is 2.03. The molecule has 1 N–H and O–H groups in total. The quantitative estimate of drug-likeness (QED) is 0.851. The Hall–Kier alpha value is -2.00. The van der Waals surface area contributed by atoms with Crippen LogP contribution in [0.25, 0.3) is 0 Å². The van der Waals surface area contributed by atoms with Crippen molar-refractivity contribution in [3.8, 4) is 17.2 Å². The number of rotatable bonds is 6. The van der Waals surface area contributed by atoms with E-state index >= 15 is 0 Å². The Balaban J connectivity index is 2.26. The van der Waals surface area contributed by atoms with Crippen LogP contribution >= 0.6 is 0 Å². The SMILES string of the molecule is CCCOc1ccccc1Oc1ccccc1C(C)O. The zero-order valence-corrected chi connectivity index (χ0v) is 11.9. The van der Waals surface area contributed by atoms with E-state index in [1.54, 1.807) is 6.92 Å². The average molecular weight is 272 g/mol. The second kappa shape index (κ2) is 6.96. The molecule has 0 fully saturated rings. The van der Waals surface area contributed by atoms with Gasteiger partial charge in [0.15, 0.2) is 11.5 Å². The Morgan fingerprint density at radius 3 is 2.20 bits per heavy atom. The number of hydrogen-bond acceptors (Lipinski definition) is 3. The molecule has 0 aliphatic carbocycles. The normalized spacial score (nSPS) is 11.9. The molecule has 20 heavy (non-hydrogen) atoms. The average Bonchev–Trinajstić information content (AvgIpc) is 2.47. The minimum Gasteiger partial charge on any atom is -0.490 e. The minimum atomic E-state index is -0.574. The van der Waals surface area contributed by atoms with Gasteiger partial charge in [-0.1, -0.05) is 37.3 Å². The van der Waals surface area contributed by atoms with Crippen molar-refractivity contribution in [2.45, 2.75) is 26.4 Å². The highest BCUT2D eigenvalue weighted by atomic mass is 16.5. The van der Waals surface area contributed by atoms with Crippen molar-refractivity contribution < 1.29 is 14.6 Å². The van der Waals surface area contributed by atoms with Gasteiger partial charge in [-0.2, -0.15) is 0 Å². The first-order valence-electron chi connectivity index (χ1n) is 6.89. The third-order valence-electron chi connectivity index (χ3n) is 2.90. The van der Waals surface area contributed by atoms with Crippen LogP contribution in [0.1, 0.15) is 31.9 Å². The van der Waals surface area contributed by atoms with E-state index in [0.717, 1.165) is 17.7 Å². The summed E-state index contributed by atoms with van der Waals surface area (Å²) < 4.78 is 11.6. The molecular weight excluding hydrogens is 252 g/mol. The first kappa shape index (κ1) is 14.4. The molecule has 0 saturated carbocycles. The summed E-state index contributed by atoms with van der Waals surface area (Å²) in [5, 5.41) is 9.78. The van der Waals surface area contributed by atoms with Gasteiger partial charge in [-0.05, 0) is 31.5 Å². The molecule has 0 aromatic heterocycles. The predicted octanol–water partition coefficient (Wildman–Crippen LogP) is 4.32. The van der Waals surface area contributed by atoms with E-state index in [1.165, 1.54) is 0 Å². The third kappa shape index (κ3) is 3.52. The van der Waals surface area contributed by atoms with Crippen LogP contribution in [0.2, 0.25) is 0 Å². The van der Waals surface area contributed by atoms with Gasteiger partial charge in [-0.25, -0.2) is 0 Å². The second-order valence-electron chi connectivity index (χ2n) is 4.61. The van der Waals surface area contributed by atoms with Crippen LogP contribution in [-0.2, 0) is 0 Å². The molecule has 0 heterocycles. The molecule has 0 aliphatic rings. The number of aliphatic hydroxyl groups is 1. The number of para-hydroxylation sites is 3. The van der Waals surface area contributed by atoms with Gasteiger partial charge in [0.2, 0.25) is 0 Å². The van der Waals surface area contributed by atoms with Gasteiger partial charge in [0, 0.05) is 5.56 Å². The molecular formula is C17H20O3. The number of aliphatic hydroxyl groups excluding tert-OH is 1. The lowest BCUT2D eigenvalue weighted by Crippen LogP contribution is -1.99. The maximum absolute atomic E-state index is 9.78. The molecule has 106 valence electrons. The van der Waals surface area contributed by atoms with Gasteiger partial charge >= 0.3 is 0 Å². The van der Waals surface area contributed by atoms with Crippen molar-refractivity contribution in [2.75, 3.05) is 6.61 Å². The van der Waals surface area contributed by atoms with E-state index in [2.05, 4.69) is 6.92 Å². The third-order valence-corrected chi connectivity index (χ3v) is 2.90. The maximum Gasteiger partial charge on any atom is 0.169 e. The molecule has 0 radical (unpaired) electrons. The van der Waals surface area contributed by atoms with Crippen molar-refractivity contribution in [1.82, 2.24) is 0 Å². The fourth-order valence-electron chi connectivity index (χ4n) is 1.90. The van der Waals surface area contributed by atoms with Crippen molar-refractivity contribution in [3.05, 3.63) is 54.1 Å². The predicted molar refractivity (Wildman–Crippen MR) is 79.4 cm³/mol. The lowest BCUT2D eigenvalue weighted by atomic mass is 10.1. The summed E-state index contributed by atoms with van der Waals surface area (Å²) in [4.78, 5) is 0. The van der Waals surface area contributed by atoms with Gasteiger partial charge in [-0.15, -0.1) is 0 Å². The molecule has 0 bridgehead atoms. The number of benzene rings is 2. The highest BCUT2D eigenvalue weighted by Gasteiger charge is 2.11. The fraction of sp³-hybridized carbons (Fsp3) is 0.294. The van der Waals surface area contributed by atoms with E-state index in [-0.39, 0.29) is 0 Å². The highest BCUT2D eigenvalue weighted by Crippen LogP contribution is 2.34. The van der Waals surface area contributed by atoms with E-state index in [0.29, 0.717) is 18.1 Å². The van der Waals surface area contributed by atoms with Crippen molar-refractivity contribution in [2.24, 2.45) is 0 Å². The topological polar surface area (TPSA) is 38.7 Å². The van der Waals surface area contributed by atoms with E-state index in [4.69, 9.17) is 9.47 Å². The number of hydrogen-bond donors (Lipinski definition) is 1. The van der Waals surface area contributed by atoms with Crippen LogP contribution < -0.4 is 9.47 Å². The van der Waals surface area contributed by atoms with E-state index in [1.807, 2.05) is 48.5 Å². The summed E-state index contributed by atoms with van der Waals surface area (Å²) in [7, 11) is 0. The van der Waals surface area contributed by atoms with Crippen molar-refractivity contribution in [3.63, 3.8) is 0 Å². The smallest absolute Gasteiger partial charge is 0.169 e. The van der Waals surface area contributed by atoms with Gasteiger partial charge in [0.25, 0.3) is 0 Å². The van der Waals surface area contributed by atoms with Crippen LogP contribution in [0.15, 0.2) is 48.5 Å². The van der Waals surface area contributed by atoms with Crippen molar-refractivity contribution >= 4 is 0 Å². The van der Waals surface area contributed by atoms with Gasteiger partial charge in [-0.3, -0.25) is 0 Å². The Bertz CT molecular complexity index is 549. The van der Waals surface area contributed by atoms with Crippen LogP contribution in [-0.4, -0.2) is 11.7 Å². The molecule has 2 aromatic rings. The van der Waals surface area contributed by atoms with Gasteiger partial charge < -0.3 is 14.6 Å². The second-order valence-corrected chi connectivity index (χ2v) is 4.61. The Morgan fingerprint density at radius 2 is 1.55 bits per heavy atom. The van der Waals surface area contributed by atoms with Crippen LogP contribution in [0.4, 0.5) is 0 Å². The Morgan fingerprint density at radius 1 is 0.950 bits per heavy atom. The molecule has 1 atom stereocenters. The van der Waals surface area contributed by atoms with E-state index < -0.39 is 6.10 Å². The molecule has 0 amide bonds. The molecule has 2 rings (SSSR count). The highest BCUT2D eigenvalue weighted by molar-refractivity contribution is 5.45. The lowest BCUT2D eigenvalue weighted by molar-refractivity contribution is 0.195.